The summed E-state index contributed by atoms with van der Waals surface area (Å²) in [5, 5.41) is -0.0686. The van der Waals surface area contributed by atoms with Crippen LogP contribution < -0.4 is 9.46 Å². The van der Waals surface area contributed by atoms with E-state index in [1.165, 1.54) is 0 Å². The van der Waals surface area contributed by atoms with Crippen molar-refractivity contribution in [1.29, 1.82) is 0 Å². The third kappa shape index (κ3) is 6.37. The first kappa shape index (κ1) is 26.0. The number of nitrogens with one attached hydrogen (secondary N) is 1. The van der Waals surface area contributed by atoms with E-state index in [9.17, 15) is 21.6 Å². The Hall–Kier alpha value is -1.07. The second-order valence-electron chi connectivity index (χ2n) is 9.47. The fraction of sp³-hybridized carbons (Fsp3) is 0.682. The predicted octanol–water partition coefficient (Wildman–Crippen LogP) is 3.03. The highest BCUT2D eigenvalue weighted by Crippen LogP contribution is 2.32. The largest absolute Gasteiger partial charge is 0.490 e. The van der Waals surface area contributed by atoms with Crippen LogP contribution in [0.25, 0.3) is 0 Å². The van der Waals surface area contributed by atoms with Crippen molar-refractivity contribution in [1.82, 2.24) is 9.62 Å². The third-order valence-electron chi connectivity index (χ3n) is 7.13. The molecule has 190 valence electrons. The molecule has 4 rings (SSSR count). The van der Waals surface area contributed by atoms with Gasteiger partial charge in [-0.15, -0.1) is 0 Å². The van der Waals surface area contributed by atoms with Gasteiger partial charge < -0.3 is 9.64 Å². The minimum atomic E-state index is -3.97. The molecule has 1 atom stereocenters. The Morgan fingerprint density at radius 1 is 1.00 bits per heavy atom. The molecule has 2 saturated heterocycles. The van der Waals surface area contributed by atoms with Gasteiger partial charge in [0, 0.05) is 31.1 Å². The number of piperidine rings is 1. The monoisotopic (exact) mass is 552 g/mol. The van der Waals surface area contributed by atoms with E-state index >= 15 is 0 Å². The van der Waals surface area contributed by atoms with Crippen LogP contribution in [0.1, 0.15) is 44.9 Å². The molecule has 1 aliphatic carbocycles. The molecule has 1 aromatic carbocycles. The number of carbonyl (C=O) groups excluding carboxylic acids is 1. The maximum atomic E-state index is 12.6. The normalized spacial score (nSPS) is 28.5. The Bertz CT molecular complexity index is 1110. The van der Waals surface area contributed by atoms with Gasteiger partial charge in [-0.3, -0.25) is 9.52 Å². The number of benzene rings is 1. The summed E-state index contributed by atoms with van der Waals surface area (Å²) in [6, 6.07) is 5.64. The number of rotatable bonds is 6. The molecule has 1 aromatic rings. The number of hydrogen-bond acceptors (Lipinski definition) is 7. The van der Waals surface area contributed by atoms with Gasteiger partial charge >= 0.3 is 0 Å². The van der Waals surface area contributed by atoms with Crippen molar-refractivity contribution in [2.45, 2.75) is 62.3 Å². The standard InChI is InChI=1S/C22H30Cl2N2O6S2/c23-20-6-5-18(13-21(20)24)32-17-7-10-26(11-8-17)16-3-1-15(2-4-16)22(27)25-34(30,31)19-9-12-33(28,29)14-19/h5-6,13,15-17,19H,1-4,7-12,14H2,(H,25,27). The highest BCUT2D eigenvalue weighted by molar-refractivity contribution is 7.95. The average Bonchev–Trinajstić information content (AvgIpc) is 3.17. The number of nitrogens with zero attached hydrogens (tertiary/aromatic N) is 1. The number of sulfone groups is 1. The quantitative estimate of drug-likeness (QED) is 0.577. The highest BCUT2D eigenvalue weighted by atomic mass is 35.5. The summed E-state index contributed by atoms with van der Waals surface area (Å²) in [5.41, 5.74) is 0. The van der Waals surface area contributed by atoms with Crippen LogP contribution in [0.4, 0.5) is 0 Å². The van der Waals surface area contributed by atoms with E-state index in [0.717, 1.165) is 38.8 Å². The molecule has 1 unspecified atom stereocenters. The Labute approximate surface area is 211 Å². The van der Waals surface area contributed by atoms with Crippen molar-refractivity contribution in [2.24, 2.45) is 5.92 Å². The molecule has 0 radical (unpaired) electrons. The first-order chi connectivity index (χ1) is 16.0. The summed E-state index contributed by atoms with van der Waals surface area (Å²) in [5.74, 6) is -0.708. The predicted molar refractivity (Wildman–Crippen MR) is 132 cm³/mol. The molecule has 0 aromatic heterocycles. The molecule has 0 bridgehead atoms. The van der Waals surface area contributed by atoms with E-state index in [1.807, 2.05) is 6.07 Å². The zero-order valence-corrected chi connectivity index (χ0v) is 21.9. The highest BCUT2D eigenvalue weighted by Gasteiger charge is 2.39. The molecule has 8 nitrogen and oxygen atoms in total. The number of likely N-dealkylation sites (tertiary alicyclic amines) is 1. The number of ether oxygens (including phenoxy) is 1. The molecule has 34 heavy (non-hydrogen) atoms. The van der Waals surface area contributed by atoms with Gasteiger partial charge in [-0.2, -0.15) is 0 Å². The summed E-state index contributed by atoms with van der Waals surface area (Å²) < 4.78 is 56.3. The topological polar surface area (TPSA) is 110 Å². The third-order valence-corrected chi connectivity index (χ3v) is 11.6. The molecule has 3 aliphatic rings. The van der Waals surface area contributed by atoms with E-state index in [4.69, 9.17) is 27.9 Å². The van der Waals surface area contributed by atoms with E-state index in [1.54, 1.807) is 12.1 Å². The van der Waals surface area contributed by atoms with Gasteiger partial charge in [-0.05, 0) is 57.1 Å². The van der Waals surface area contributed by atoms with E-state index in [-0.39, 0.29) is 24.2 Å². The number of sulfonamides is 1. The van der Waals surface area contributed by atoms with Gasteiger partial charge in [0.2, 0.25) is 15.9 Å². The molecule has 3 fully saturated rings. The minimum Gasteiger partial charge on any atom is -0.490 e. The number of carbonyl (C=O) groups is 1. The van der Waals surface area contributed by atoms with Crippen molar-refractivity contribution in [3.8, 4) is 5.75 Å². The van der Waals surface area contributed by atoms with Crippen molar-refractivity contribution in [2.75, 3.05) is 24.6 Å². The fourth-order valence-corrected chi connectivity index (χ4v) is 9.48. The summed E-state index contributed by atoms with van der Waals surface area (Å²) in [7, 11) is -7.31. The van der Waals surface area contributed by atoms with Crippen molar-refractivity contribution < 1.29 is 26.4 Å². The lowest BCUT2D eigenvalue weighted by molar-refractivity contribution is -0.124. The number of hydrogen-bond donors (Lipinski definition) is 1. The maximum absolute atomic E-state index is 12.6. The van der Waals surface area contributed by atoms with Crippen LogP contribution in [-0.2, 0) is 24.7 Å². The van der Waals surface area contributed by atoms with Gasteiger partial charge in [0.1, 0.15) is 11.9 Å². The molecular formula is C22H30Cl2N2O6S2. The van der Waals surface area contributed by atoms with Crippen molar-refractivity contribution in [3.63, 3.8) is 0 Å². The summed E-state index contributed by atoms with van der Waals surface area (Å²) in [6.45, 7) is 1.80. The Morgan fingerprint density at radius 2 is 1.68 bits per heavy atom. The zero-order valence-electron chi connectivity index (χ0n) is 18.8. The van der Waals surface area contributed by atoms with Gasteiger partial charge in [-0.1, -0.05) is 23.2 Å². The van der Waals surface area contributed by atoms with Crippen LogP contribution in [0.2, 0.25) is 10.0 Å². The Kier molecular flexibility index (Phi) is 8.03. The van der Waals surface area contributed by atoms with Crippen LogP contribution in [0.3, 0.4) is 0 Å². The summed E-state index contributed by atoms with van der Waals surface area (Å²) in [6.07, 6.45) is 4.83. The Morgan fingerprint density at radius 3 is 2.26 bits per heavy atom. The number of halogens is 2. The lowest BCUT2D eigenvalue weighted by Crippen LogP contribution is -2.47. The second-order valence-corrected chi connectivity index (χ2v) is 14.5. The number of amides is 1. The molecule has 2 aliphatic heterocycles. The summed E-state index contributed by atoms with van der Waals surface area (Å²) >= 11 is 12.0. The zero-order chi connectivity index (χ0) is 24.5. The first-order valence-corrected chi connectivity index (χ1v) is 15.8. The van der Waals surface area contributed by atoms with E-state index in [0.29, 0.717) is 34.7 Å². The van der Waals surface area contributed by atoms with Gasteiger partial charge in [0.25, 0.3) is 0 Å². The molecule has 1 saturated carbocycles. The minimum absolute atomic E-state index is 0.0441. The summed E-state index contributed by atoms with van der Waals surface area (Å²) in [4.78, 5) is 15.0. The molecular weight excluding hydrogens is 523 g/mol. The average molecular weight is 554 g/mol. The van der Waals surface area contributed by atoms with Gasteiger partial charge in [0.05, 0.1) is 26.8 Å². The van der Waals surface area contributed by atoms with E-state index in [2.05, 4.69) is 9.62 Å². The molecule has 1 N–H and O–H groups in total. The van der Waals surface area contributed by atoms with Crippen LogP contribution in [0.5, 0.6) is 5.75 Å². The van der Waals surface area contributed by atoms with E-state index < -0.39 is 36.8 Å². The lowest BCUT2D eigenvalue weighted by atomic mass is 9.84. The van der Waals surface area contributed by atoms with Crippen LogP contribution >= 0.6 is 23.2 Å². The maximum Gasteiger partial charge on any atom is 0.238 e. The van der Waals surface area contributed by atoms with Crippen molar-refractivity contribution in [3.05, 3.63) is 28.2 Å². The van der Waals surface area contributed by atoms with Gasteiger partial charge in [-0.25, -0.2) is 16.8 Å². The molecule has 2 heterocycles. The van der Waals surface area contributed by atoms with Crippen molar-refractivity contribution >= 4 is 49.0 Å². The fourth-order valence-electron chi connectivity index (χ4n) is 5.12. The van der Waals surface area contributed by atoms with Gasteiger partial charge in [0.15, 0.2) is 9.84 Å². The molecule has 1 amide bonds. The molecule has 12 heteroatoms. The first-order valence-electron chi connectivity index (χ1n) is 11.6. The molecule has 0 spiro atoms. The van der Waals surface area contributed by atoms with Crippen LogP contribution in [-0.4, -0.2) is 69.6 Å². The second kappa shape index (κ2) is 10.5. The lowest BCUT2D eigenvalue weighted by Gasteiger charge is -2.40. The SMILES string of the molecule is O=C(NS(=O)(=O)C1CCS(=O)(=O)C1)C1CCC(N2CCC(Oc3ccc(Cl)c(Cl)c3)CC2)CC1. The Balaban J connectivity index is 1.21. The van der Waals surface area contributed by atoms with Crippen LogP contribution in [0.15, 0.2) is 18.2 Å². The smallest absolute Gasteiger partial charge is 0.238 e. The van der Waals surface area contributed by atoms with Crippen LogP contribution in [0, 0.1) is 5.92 Å².